The van der Waals surface area contributed by atoms with E-state index in [9.17, 15) is 15.3 Å². The number of rotatable bonds is 7. The second-order valence-electron chi connectivity index (χ2n) is 3.43. The number of nitrogens with zero attached hydrogens (tertiary/aromatic N) is 2. The van der Waals surface area contributed by atoms with E-state index in [-0.39, 0.29) is 15.9 Å². The first-order valence-corrected chi connectivity index (χ1v) is 5.97. The Morgan fingerprint density at radius 2 is 1.70 bits per heavy atom. The monoisotopic (exact) mass is 324 g/mol. The lowest BCUT2D eigenvalue weighted by atomic mass is 10.0. The SMILES string of the molecule is NC(=S)N/N=C(/C=N/NC(N)=S)[C@H](O)[C@@H](O)[C@H](O)CO. The van der Waals surface area contributed by atoms with Crippen molar-refractivity contribution >= 4 is 46.6 Å². The Hall–Kier alpha value is -1.44. The zero-order chi connectivity index (χ0) is 15.7. The molecule has 0 unspecified atom stereocenters. The smallest absolute Gasteiger partial charge is 0.184 e. The normalized spacial score (nSPS) is 16.5. The van der Waals surface area contributed by atoms with E-state index in [1.165, 1.54) is 0 Å². The second-order valence-corrected chi connectivity index (χ2v) is 4.31. The number of hydrogen-bond acceptors (Lipinski definition) is 8. The molecule has 0 aliphatic carbocycles. The molecule has 0 amide bonds. The van der Waals surface area contributed by atoms with Crippen LogP contribution in [0.4, 0.5) is 0 Å². The summed E-state index contributed by atoms with van der Waals surface area (Å²) >= 11 is 9.02. The minimum Gasteiger partial charge on any atom is -0.394 e. The topological polar surface area (TPSA) is 182 Å². The molecule has 0 heterocycles. The summed E-state index contributed by atoms with van der Waals surface area (Å²) in [6, 6.07) is 0. The fourth-order valence-corrected chi connectivity index (χ4v) is 1.04. The minimum atomic E-state index is -1.71. The molecule has 0 aromatic rings. The molecule has 0 aromatic carbocycles. The van der Waals surface area contributed by atoms with Gasteiger partial charge in [-0.15, -0.1) is 0 Å². The molecule has 0 spiro atoms. The largest absolute Gasteiger partial charge is 0.394 e. The van der Waals surface area contributed by atoms with E-state index in [2.05, 4.69) is 45.5 Å². The van der Waals surface area contributed by atoms with Gasteiger partial charge in [0.05, 0.1) is 12.8 Å². The molecular weight excluding hydrogens is 308 g/mol. The summed E-state index contributed by atoms with van der Waals surface area (Å²) in [7, 11) is 0. The minimum absolute atomic E-state index is 0.131. The van der Waals surface area contributed by atoms with Gasteiger partial charge in [0, 0.05) is 0 Å². The van der Waals surface area contributed by atoms with Crippen molar-refractivity contribution in [3.05, 3.63) is 0 Å². The Kier molecular flexibility index (Phi) is 8.78. The molecular formula is C8H16N6O4S2. The summed E-state index contributed by atoms with van der Waals surface area (Å²) < 4.78 is 0. The van der Waals surface area contributed by atoms with Gasteiger partial charge in [-0.25, -0.2) is 0 Å². The third kappa shape index (κ3) is 7.22. The van der Waals surface area contributed by atoms with Gasteiger partial charge >= 0.3 is 0 Å². The first-order chi connectivity index (χ1) is 9.29. The van der Waals surface area contributed by atoms with Gasteiger partial charge in [0.15, 0.2) is 10.2 Å². The van der Waals surface area contributed by atoms with Gasteiger partial charge in [-0.05, 0) is 24.4 Å². The van der Waals surface area contributed by atoms with Crippen LogP contribution in [0.3, 0.4) is 0 Å². The summed E-state index contributed by atoms with van der Waals surface area (Å²) in [5.74, 6) is 0. The molecule has 0 aliphatic heterocycles. The van der Waals surface area contributed by atoms with Crippen molar-refractivity contribution in [2.75, 3.05) is 6.61 Å². The molecule has 0 saturated carbocycles. The fraction of sp³-hybridized carbons (Fsp3) is 0.500. The Balaban J connectivity index is 5.00. The maximum absolute atomic E-state index is 9.80. The molecule has 12 heteroatoms. The summed E-state index contributed by atoms with van der Waals surface area (Å²) in [5, 5.41) is 44.1. The first-order valence-electron chi connectivity index (χ1n) is 5.16. The van der Waals surface area contributed by atoms with E-state index < -0.39 is 24.9 Å². The van der Waals surface area contributed by atoms with E-state index in [0.717, 1.165) is 6.21 Å². The van der Waals surface area contributed by atoms with Crippen LogP contribution in [0.15, 0.2) is 10.2 Å². The van der Waals surface area contributed by atoms with Crippen LogP contribution in [0.2, 0.25) is 0 Å². The molecule has 114 valence electrons. The van der Waals surface area contributed by atoms with Crippen LogP contribution in [-0.4, -0.2) is 67.5 Å². The predicted molar refractivity (Wildman–Crippen MR) is 80.9 cm³/mol. The van der Waals surface area contributed by atoms with Gasteiger partial charge in [-0.2, -0.15) is 10.2 Å². The van der Waals surface area contributed by atoms with Gasteiger partial charge < -0.3 is 31.9 Å². The predicted octanol–water partition coefficient (Wildman–Crippen LogP) is -3.93. The van der Waals surface area contributed by atoms with Crippen molar-refractivity contribution in [2.24, 2.45) is 21.7 Å². The summed E-state index contributed by atoms with van der Waals surface area (Å²) in [5.41, 5.74) is 14.4. The Morgan fingerprint density at radius 3 is 2.15 bits per heavy atom. The molecule has 0 saturated heterocycles. The van der Waals surface area contributed by atoms with E-state index in [1.54, 1.807) is 0 Å². The highest BCUT2D eigenvalue weighted by molar-refractivity contribution is 7.80. The van der Waals surface area contributed by atoms with Crippen molar-refractivity contribution in [1.29, 1.82) is 0 Å². The van der Waals surface area contributed by atoms with Crippen molar-refractivity contribution in [2.45, 2.75) is 18.3 Å². The molecule has 0 fully saturated rings. The number of hydrazone groups is 2. The molecule has 0 rings (SSSR count). The van der Waals surface area contributed by atoms with Crippen molar-refractivity contribution < 1.29 is 20.4 Å². The molecule has 0 aromatic heterocycles. The molecule has 0 aliphatic rings. The van der Waals surface area contributed by atoms with Crippen LogP contribution in [-0.2, 0) is 0 Å². The van der Waals surface area contributed by atoms with Crippen LogP contribution >= 0.6 is 24.4 Å². The Bertz CT molecular complexity index is 404. The lowest BCUT2D eigenvalue weighted by Crippen LogP contribution is -2.45. The third-order valence-corrected chi connectivity index (χ3v) is 2.06. The molecule has 3 atom stereocenters. The standard InChI is InChI=1S/C8H16N6O4S2/c9-7(19)13-11-1-3(12-14-8(10)20)5(17)6(18)4(16)2-15/h1,4-6,15-18H,2H2,(H3,9,13,19)(H3,10,14,20)/b11-1+,12-3-/t4-,5+,6+/m1/s1. The van der Waals surface area contributed by atoms with Crippen LogP contribution < -0.4 is 22.3 Å². The van der Waals surface area contributed by atoms with Crippen molar-refractivity contribution in [3.63, 3.8) is 0 Å². The maximum atomic E-state index is 9.80. The van der Waals surface area contributed by atoms with Gasteiger partial charge in [0.2, 0.25) is 0 Å². The van der Waals surface area contributed by atoms with E-state index in [4.69, 9.17) is 16.6 Å². The molecule has 10 N–H and O–H groups in total. The van der Waals surface area contributed by atoms with Crippen molar-refractivity contribution in [3.8, 4) is 0 Å². The average molecular weight is 324 g/mol. The lowest BCUT2D eigenvalue weighted by molar-refractivity contribution is -0.0549. The maximum Gasteiger partial charge on any atom is 0.184 e. The van der Waals surface area contributed by atoms with Crippen LogP contribution in [0.25, 0.3) is 0 Å². The van der Waals surface area contributed by atoms with Crippen molar-refractivity contribution in [1.82, 2.24) is 10.9 Å². The number of hydrogen-bond donors (Lipinski definition) is 8. The van der Waals surface area contributed by atoms with E-state index in [1.807, 2.05) is 0 Å². The second kappa shape index (κ2) is 9.46. The summed E-state index contributed by atoms with van der Waals surface area (Å²) in [6.45, 7) is -0.753. The number of aliphatic hydroxyl groups excluding tert-OH is 4. The first kappa shape index (κ1) is 18.6. The zero-order valence-electron chi connectivity index (χ0n) is 10.2. The van der Waals surface area contributed by atoms with Gasteiger partial charge in [-0.1, -0.05) is 0 Å². The molecule has 10 nitrogen and oxygen atoms in total. The Labute approximate surface area is 125 Å². The van der Waals surface area contributed by atoms with E-state index >= 15 is 0 Å². The summed E-state index contributed by atoms with van der Waals surface area (Å²) in [4.78, 5) is 0. The van der Waals surface area contributed by atoms with E-state index in [0.29, 0.717) is 0 Å². The third-order valence-electron chi connectivity index (χ3n) is 1.87. The zero-order valence-corrected chi connectivity index (χ0v) is 11.8. The van der Waals surface area contributed by atoms with Gasteiger partial charge in [0.1, 0.15) is 24.0 Å². The highest BCUT2D eigenvalue weighted by Gasteiger charge is 2.27. The lowest BCUT2D eigenvalue weighted by Gasteiger charge is -2.21. The van der Waals surface area contributed by atoms with Gasteiger partial charge in [-0.3, -0.25) is 10.9 Å². The number of aliphatic hydroxyl groups is 4. The molecule has 20 heavy (non-hydrogen) atoms. The number of nitrogens with two attached hydrogens (primary N) is 2. The highest BCUT2D eigenvalue weighted by atomic mass is 32.1. The average Bonchev–Trinajstić information content (AvgIpc) is 2.39. The highest BCUT2D eigenvalue weighted by Crippen LogP contribution is 2.01. The molecule has 0 radical (unpaired) electrons. The fourth-order valence-electron chi connectivity index (χ4n) is 0.946. The number of thiocarbonyl (C=S) groups is 2. The Morgan fingerprint density at radius 1 is 1.15 bits per heavy atom. The van der Waals surface area contributed by atoms with Gasteiger partial charge in [0.25, 0.3) is 0 Å². The summed E-state index contributed by atoms with van der Waals surface area (Å²) in [6.07, 6.45) is -3.97. The van der Waals surface area contributed by atoms with Crippen LogP contribution in [0, 0.1) is 0 Å². The van der Waals surface area contributed by atoms with Crippen LogP contribution in [0.1, 0.15) is 0 Å². The quantitative estimate of drug-likeness (QED) is 0.131. The molecule has 0 bridgehead atoms. The number of nitrogens with one attached hydrogen (secondary N) is 2. The van der Waals surface area contributed by atoms with Crippen LogP contribution in [0.5, 0.6) is 0 Å².